The number of esters is 1. The molecule has 196 valence electrons. The molecule has 1 aliphatic heterocycles. The van der Waals surface area contributed by atoms with Crippen LogP contribution in [0.15, 0.2) is 23.8 Å². The van der Waals surface area contributed by atoms with Crippen LogP contribution in [0.4, 0.5) is 4.39 Å². The van der Waals surface area contributed by atoms with Gasteiger partial charge in [0.2, 0.25) is 5.78 Å². The van der Waals surface area contributed by atoms with Crippen molar-refractivity contribution in [1.29, 1.82) is 0 Å². The average molecular weight is 503 g/mol. The first-order valence-corrected chi connectivity index (χ1v) is 13.3. The Morgan fingerprint density at radius 2 is 1.94 bits per heavy atom. The van der Waals surface area contributed by atoms with Gasteiger partial charge in [0.25, 0.3) is 0 Å². The Bertz CT molecular complexity index is 1090. The molecule has 5 fully saturated rings. The molecule has 36 heavy (non-hydrogen) atoms. The summed E-state index contributed by atoms with van der Waals surface area (Å²) in [7, 11) is 0. The average Bonchev–Trinajstić information content (AvgIpc) is 3.47. The van der Waals surface area contributed by atoms with Crippen LogP contribution in [0, 0.1) is 22.7 Å². The van der Waals surface area contributed by atoms with Crippen molar-refractivity contribution in [3.63, 3.8) is 0 Å². The van der Waals surface area contributed by atoms with E-state index in [0.717, 1.165) is 12.8 Å². The topological polar surface area (TPSA) is 99.1 Å². The van der Waals surface area contributed by atoms with E-state index in [9.17, 15) is 19.5 Å². The van der Waals surface area contributed by atoms with E-state index in [0.29, 0.717) is 37.7 Å². The van der Waals surface area contributed by atoms with Crippen LogP contribution < -0.4 is 0 Å². The van der Waals surface area contributed by atoms with Crippen LogP contribution in [0.1, 0.15) is 72.1 Å². The van der Waals surface area contributed by atoms with Crippen LogP contribution in [-0.4, -0.2) is 58.5 Å². The summed E-state index contributed by atoms with van der Waals surface area (Å²) in [5, 5.41) is 11.6. The van der Waals surface area contributed by atoms with Crippen molar-refractivity contribution in [1.82, 2.24) is 0 Å². The minimum Gasteiger partial charge on any atom is -0.458 e. The highest BCUT2D eigenvalue weighted by molar-refractivity contribution is 6.01. The van der Waals surface area contributed by atoms with Crippen LogP contribution >= 0.6 is 0 Å². The molecule has 1 spiro atoms. The van der Waals surface area contributed by atoms with Crippen LogP contribution in [0.25, 0.3) is 0 Å². The van der Waals surface area contributed by atoms with Crippen LogP contribution in [0.5, 0.6) is 0 Å². The minimum absolute atomic E-state index is 0.0110. The third-order valence-corrected chi connectivity index (χ3v) is 10.7. The molecule has 1 heterocycles. The molecule has 0 bridgehead atoms. The third kappa shape index (κ3) is 2.81. The number of aliphatic hydroxyl groups is 1. The van der Waals surface area contributed by atoms with Gasteiger partial charge in [0.1, 0.15) is 0 Å². The Morgan fingerprint density at radius 1 is 1.22 bits per heavy atom. The molecule has 0 aromatic rings. The first kappa shape index (κ1) is 24.4. The summed E-state index contributed by atoms with van der Waals surface area (Å²) < 4.78 is 35.8. The maximum atomic E-state index is 17.4. The summed E-state index contributed by atoms with van der Waals surface area (Å²) in [5.74, 6) is -2.80. The monoisotopic (exact) mass is 502 g/mol. The molecule has 5 aliphatic carbocycles. The first-order valence-electron chi connectivity index (χ1n) is 13.3. The number of allylic oxidation sites excluding steroid dienone is 4. The lowest BCUT2D eigenvalue weighted by Crippen LogP contribution is -2.70. The van der Waals surface area contributed by atoms with Crippen molar-refractivity contribution in [3.8, 4) is 0 Å². The molecule has 7 nitrogen and oxygen atoms in total. The summed E-state index contributed by atoms with van der Waals surface area (Å²) in [6, 6.07) is 0. The number of hydrogen-bond acceptors (Lipinski definition) is 7. The fraction of sp³-hybridized carbons (Fsp3) is 0.750. The molecule has 6 rings (SSSR count). The Labute approximate surface area is 210 Å². The summed E-state index contributed by atoms with van der Waals surface area (Å²) in [5.41, 5.74) is -4.72. The Hall–Kier alpha value is -1.90. The molecular formula is C28H35FO7. The van der Waals surface area contributed by atoms with Crippen LogP contribution in [0.3, 0.4) is 0 Å². The number of Topliss-reactive ketones (excluding diaryl/α,β-unsaturated/α-hetero) is 1. The molecule has 4 saturated carbocycles. The third-order valence-electron chi connectivity index (χ3n) is 10.7. The Morgan fingerprint density at radius 3 is 2.64 bits per heavy atom. The number of aliphatic hydroxyl groups excluding tert-OH is 1. The fourth-order valence-electron chi connectivity index (χ4n) is 9.04. The SMILES string of the molecule is CC(=O)OCC(=O)[C@@]12OC3(CCCC3)O[C@H]1C[C@H]1[C@@H]3CCC4=CC(=O)C=C[C@]4(C)C3(F)[C@@H](O)C[C@@]12C. The van der Waals surface area contributed by atoms with Crippen molar-refractivity contribution in [3.05, 3.63) is 23.8 Å². The smallest absolute Gasteiger partial charge is 0.303 e. The van der Waals surface area contributed by atoms with Crippen molar-refractivity contribution in [2.24, 2.45) is 22.7 Å². The zero-order valence-electron chi connectivity index (χ0n) is 21.2. The van der Waals surface area contributed by atoms with E-state index < -0.39 is 58.6 Å². The fourth-order valence-corrected chi connectivity index (χ4v) is 9.04. The van der Waals surface area contributed by atoms with Gasteiger partial charge in [-0.15, -0.1) is 0 Å². The van der Waals surface area contributed by atoms with E-state index >= 15 is 4.39 Å². The van der Waals surface area contributed by atoms with Gasteiger partial charge in [-0.3, -0.25) is 14.4 Å². The minimum atomic E-state index is -2.00. The summed E-state index contributed by atoms with van der Waals surface area (Å²) in [6.07, 6.45) is 7.23. The van der Waals surface area contributed by atoms with Gasteiger partial charge in [-0.1, -0.05) is 18.6 Å². The van der Waals surface area contributed by atoms with Crippen molar-refractivity contribution < 1.29 is 38.1 Å². The van der Waals surface area contributed by atoms with Gasteiger partial charge in [0, 0.05) is 36.5 Å². The highest BCUT2D eigenvalue weighted by Gasteiger charge is 2.80. The predicted octanol–water partition coefficient (Wildman–Crippen LogP) is 3.52. The Kier molecular flexibility index (Phi) is 5.14. The van der Waals surface area contributed by atoms with Crippen molar-refractivity contribution >= 4 is 17.5 Å². The molecule has 0 radical (unpaired) electrons. The maximum Gasteiger partial charge on any atom is 0.303 e. The van der Waals surface area contributed by atoms with E-state index in [2.05, 4.69) is 0 Å². The molecule has 0 aromatic carbocycles. The van der Waals surface area contributed by atoms with Gasteiger partial charge >= 0.3 is 5.97 Å². The lowest BCUT2D eigenvalue weighted by molar-refractivity contribution is -0.253. The van der Waals surface area contributed by atoms with Gasteiger partial charge in [-0.2, -0.15) is 0 Å². The van der Waals surface area contributed by atoms with E-state index in [-0.39, 0.29) is 23.9 Å². The first-order chi connectivity index (χ1) is 16.9. The second-order valence-corrected chi connectivity index (χ2v) is 12.3. The number of carbonyl (C=O) groups is 3. The number of ether oxygens (including phenoxy) is 3. The second kappa shape index (κ2) is 7.58. The molecule has 1 N–H and O–H groups in total. The number of carbonyl (C=O) groups excluding carboxylic acids is 3. The molecular weight excluding hydrogens is 467 g/mol. The molecule has 1 unspecified atom stereocenters. The molecule has 0 amide bonds. The molecule has 8 heteroatoms. The molecule has 8 atom stereocenters. The van der Waals surface area contributed by atoms with E-state index in [4.69, 9.17) is 14.2 Å². The molecule has 6 aliphatic rings. The molecule has 0 aromatic heterocycles. The van der Waals surface area contributed by atoms with Crippen LogP contribution in [-0.2, 0) is 28.6 Å². The van der Waals surface area contributed by atoms with E-state index in [1.54, 1.807) is 13.0 Å². The zero-order valence-corrected chi connectivity index (χ0v) is 21.2. The number of rotatable bonds is 3. The van der Waals surface area contributed by atoms with Crippen molar-refractivity contribution in [2.75, 3.05) is 6.61 Å². The number of ketones is 2. The second-order valence-electron chi connectivity index (χ2n) is 12.3. The largest absolute Gasteiger partial charge is 0.458 e. The van der Waals surface area contributed by atoms with Gasteiger partial charge in [-0.05, 0) is 63.5 Å². The lowest BCUT2D eigenvalue weighted by Gasteiger charge is -2.62. The van der Waals surface area contributed by atoms with Crippen LogP contribution in [0.2, 0.25) is 0 Å². The summed E-state index contributed by atoms with van der Waals surface area (Å²) in [4.78, 5) is 37.5. The maximum absolute atomic E-state index is 17.4. The number of fused-ring (bicyclic) bond motifs is 7. The normalized spacial score (nSPS) is 48.1. The highest BCUT2D eigenvalue weighted by atomic mass is 19.1. The summed E-state index contributed by atoms with van der Waals surface area (Å²) in [6.45, 7) is 4.52. The Balaban J connectivity index is 1.44. The lowest BCUT2D eigenvalue weighted by atomic mass is 9.44. The number of alkyl halides is 1. The van der Waals surface area contributed by atoms with Gasteiger partial charge in [-0.25, -0.2) is 4.39 Å². The predicted molar refractivity (Wildman–Crippen MR) is 125 cm³/mol. The number of halogens is 1. The van der Waals surface area contributed by atoms with Gasteiger partial charge in [0.15, 0.2) is 29.4 Å². The van der Waals surface area contributed by atoms with E-state index in [1.165, 1.54) is 19.1 Å². The standard InChI is InChI=1S/C28H35FO7/c1-16(30)34-15-22(33)28-23(35-26(36-28)9-4-5-10-26)13-20-19-7-6-17-12-18(31)8-11-24(17,2)27(19,29)21(32)14-25(20,28)3/h8,11-12,19-21,23,32H,4-7,9-10,13-15H2,1-3H3/t19-,20-,21-,23-,24-,25-,27?,28+/m0/s1. The number of hydrogen-bond donors (Lipinski definition) is 1. The zero-order chi connectivity index (χ0) is 25.7. The van der Waals surface area contributed by atoms with Crippen molar-refractivity contribution in [2.45, 2.75) is 101 Å². The highest BCUT2D eigenvalue weighted by Crippen LogP contribution is 2.73. The van der Waals surface area contributed by atoms with Gasteiger partial charge < -0.3 is 19.3 Å². The summed E-state index contributed by atoms with van der Waals surface area (Å²) >= 11 is 0. The molecule has 1 saturated heterocycles. The van der Waals surface area contributed by atoms with Gasteiger partial charge in [0.05, 0.1) is 12.2 Å². The van der Waals surface area contributed by atoms with E-state index in [1.807, 2.05) is 6.92 Å². The quantitative estimate of drug-likeness (QED) is 0.590.